The van der Waals surface area contributed by atoms with Crippen molar-refractivity contribution in [1.29, 1.82) is 0 Å². The van der Waals surface area contributed by atoms with E-state index in [2.05, 4.69) is 30.2 Å². The van der Waals surface area contributed by atoms with Crippen LogP contribution in [0.2, 0.25) is 0 Å². The molecule has 0 spiro atoms. The molecule has 0 saturated heterocycles. The van der Waals surface area contributed by atoms with Gasteiger partial charge in [0.1, 0.15) is 0 Å². The van der Waals surface area contributed by atoms with Gasteiger partial charge >= 0.3 is 0 Å². The van der Waals surface area contributed by atoms with Crippen LogP contribution in [0.3, 0.4) is 0 Å². The SMILES string of the molecule is CC12CCC(O)CC1=CCC1C2CCC2(C)C(C(=O)C3N=N3)CCC12. The molecule has 0 bridgehead atoms. The van der Waals surface area contributed by atoms with Crippen LogP contribution >= 0.6 is 0 Å². The molecule has 5 rings (SSSR count). The molecule has 4 aliphatic carbocycles. The number of allylic oxidation sites excluding steroid dienone is 1. The number of aliphatic hydroxyl groups is 1. The zero-order chi connectivity index (χ0) is 17.4. The van der Waals surface area contributed by atoms with Crippen molar-refractivity contribution >= 4 is 5.78 Å². The highest BCUT2D eigenvalue weighted by Crippen LogP contribution is 2.66. The molecule has 0 aromatic carbocycles. The number of fused-ring (bicyclic) bond motifs is 5. The fourth-order valence-corrected chi connectivity index (χ4v) is 7.44. The average molecular weight is 342 g/mol. The number of Topliss-reactive ketones (excluding diaryl/α,β-unsaturated/α-hetero) is 1. The maximum absolute atomic E-state index is 12.7. The number of hydrogen-bond acceptors (Lipinski definition) is 4. The molecule has 0 aromatic heterocycles. The maximum Gasteiger partial charge on any atom is 0.238 e. The Kier molecular flexibility index (Phi) is 3.39. The average Bonchev–Trinajstić information content (AvgIpc) is 3.37. The lowest BCUT2D eigenvalue weighted by Crippen LogP contribution is -2.51. The zero-order valence-electron chi connectivity index (χ0n) is 15.4. The summed E-state index contributed by atoms with van der Waals surface area (Å²) in [6.07, 6.45) is 10.8. The predicted molar refractivity (Wildman–Crippen MR) is 94.9 cm³/mol. The molecule has 3 fully saturated rings. The normalized spacial score (nSPS) is 51.3. The molecule has 3 saturated carbocycles. The summed E-state index contributed by atoms with van der Waals surface area (Å²) in [7, 11) is 0. The smallest absolute Gasteiger partial charge is 0.238 e. The number of carbonyl (C=O) groups is 1. The topological polar surface area (TPSA) is 62.0 Å². The van der Waals surface area contributed by atoms with Crippen molar-refractivity contribution in [2.24, 2.45) is 44.7 Å². The highest BCUT2D eigenvalue weighted by atomic mass is 16.3. The van der Waals surface area contributed by atoms with Crippen molar-refractivity contribution in [2.45, 2.75) is 77.5 Å². The standard InChI is InChI=1S/C21H30N2O2/c1-20-9-7-13(24)11-12(20)3-4-14-15-5-6-17(18(25)19-22-23-19)21(15,2)10-8-16(14)20/h3,13-17,19,24H,4-11H2,1-2H3. The molecular formula is C21H30N2O2. The number of carbonyl (C=O) groups excluding carboxylic acids is 1. The fraction of sp³-hybridized carbons (Fsp3) is 0.857. The first-order valence-corrected chi connectivity index (χ1v) is 10.2. The lowest BCUT2D eigenvalue weighted by molar-refractivity contribution is -0.129. The van der Waals surface area contributed by atoms with E-state index in [1.54, 1.807) is 0 Å². The molecule has 136 valence electrons. The summed E-state index contributed by atoms with van der Waals surface area (Å²) in [5, 5.41) is 17.9. The highest BCUT2D eigenvalue weighted by Gasteiger charge is 2.60. The highest BCUT2D eigenvalue weighted by molar-refractivity contribution is 5.88. The Morgan fingerprint density at radius 2 is 1.92 bits per heavy atom. The lowest BCUT2D eigenvalue weighted by atomic mass is 9.47. The van der Waals surface area contributed by atoms with Gasteiger partial charge in [-0.3, -0.25) is 4.79 Å². The minimum absolute atomic E-state index is 0.135. The van der Waals surface area contributed by atoms with Crippen LogP contribution in [0.4, 0.5) is 0 Å². The first-order valence-electron chi connectivity index (χ1n) is 10.2. The second-order valence-corrected chi connectivity index (χ2v) is 9.84. The molecule has 4 heteroatoms. The Bertz CT molecular complexity index is 665. The predicted octanol–water partition coefficient (Wildman–Crippen LogP) is 4.29. The van der Waals surface area contributed by atoms with Crippen LogP contribution in [0.15, 0.2) is 21.9 Å². The molecule has 0 radical (unpaired) electrons. The van der Waals surface area contributed by atoms with E-state index in [9.17, 15) is 9.90 Å². The van der Waals surface area contributed by atoms with E-state index in [0.717, 1.165) is 38.0 Å². The molecule has 0 amide bonds. The van der Waals surface area contributed by atoms with Crippen LogP contribution in [0.1, 0.15) is 65.2 Å². The van der Waals surface area contributed by atoms with Gasteiger partial charge in [0.05, 0.1) is 6.10 Å². The largest absolute Gasteiger partial charge is 0.393 e. The van der Waals surface area contributed by atoms with E-state index in [1.807, 2.05) is 0 Å². The number of aliphatic hydroxyl groups excluding tert-OH is 1. The van der Waals surface area contributed by atoms with Crippen LogP contribution in [0, 0.1) is 34.5 Å². The van der Waals surface area contributed by atoms with E-state index in [0.29, 0.717) is 17.6 Å². The third kappa shape index (κ3) is 2.19. The summed E-state index contributed by atoms with van der Waals surface area (Å²) in [5.41, 5.74) is 1.96. The van der Waals surface area contributed by atoms with Crippen molar-refractivity contribution in [3.8, 4) is 0 Å². The van der Waals surface area contributed by atoms with Gasteiger partial charge < -0.3 is 5.11 Å². The number of ketones is 1. The number of rotatable bonds is 2. The summed E-state index contributed by atoms with van der Waals surface area (Å²) < 4.78 is 0. The fourth-order valence-electron chi connectivity index (χ4n) is 7.44. The van der Waals surface area contributed by atoms with Gasteiger partial charge in [0.2, 0.25) is 6.17 Å². The van der Waals surface area contributed by atoms with E-state index in [1.165, 1.54) is 24.8 Å². The van der Waals surface area contributed by atoms with Crippen LogP contribution < -0.4 is 0 Å². The Balaban J connectivity index is 1.44. The Labute approximate surface area is 150 Å². The molecule has 7 unspecified atom stereocenters. The quantitative estimate of drug-likeness (QED) is 0.761. The van der Waals surface area contributed by atoms with E-state index >= 15 is 0 Å². The molecule has 0 aromatic rings. The van der Waals surface area contributed by atoms with Gasteiger partial charge in [0.25, 0.3) is 0 Å². The first kappa shape index (κ1) is 16.2. The van der Waals surface area contributed by atoms with E-state index in [4.69, 9.17) is 0 Å². The van der Waals surface area contributed by atoms with Crippen LogP contribution in [0.25, 0.3) is 0 Å². The molecule has 7 atom stereocenters. The Morgan fingerprint density at radius 1 is 1.12 bits per heavy atom. The number of hydrogen-bond donors (Lipinski definition) is 1. The van der Waals surface area contributed by atoms with Gasteiger partial charge in [0, 0.05) is 5.92 Å². The molecule has 1 N–H and O–H groups in total. The molecule has 1 heterocycles. The van der Waals surface area contributed by atoms with Crippen LogP contribution in [0.5, 0.6) is 0 Å². The van der Waals surface area contributed by atoms with Gasteiger partial charge in [-0.1, -0.05) is 25.5 Å². The van der Waals surface area contributed by atoms with Gasteiger partial charge in [0.15, 0.2) is 5.78 Å². The summed E-state index contributed by atoms with van der Waals surface area (Å²) >= 11 is 0. The molecule has 25 heavy (non-hydrogen) atoms. The minimum atomic E-state index is -0.325. The van der Waals surface area contributed by atoms with E-state index in [-0.39, 0.29) is 29.0 Å². The lowest BCUT2D eigenvalue weighted by Gasteiger charge is -2.57. The van der Waals surface area contributed by atoms with Crippen LogP contribution in [-0.4, -0.2) is 23.2 Å². The minimum Gasteiger partial charge on any atom is -0.393 e. The van der Waals surface area contributed by atoms with Gasteiger partial charge in [-0.05, 0) is 80.0 Å². The van der Waals surface area contributed by atoms with Gasteiger partial charge in [-0.25, -0.2) is 0 Å². The third-order valence-corrected chi connectivity index (χ3v) is 8.91. The van der Waals surface area contributed by atoms with Gasteiger partial charge in [-0.15, -0.1) is 0 Å². The summed E-state index contributed by atoms with van der Waals surface area (Å²) in [6, 6.07) is 0. The van der Waals surface area contributed by atoms with Crippen molar-refractivity contribution in [3.05, 3.63) is 11.6 Å². The maximum atomic E-state index is 12.7. The van der Waals surface area contributed by atoms with E-state index < -0.39 is 0 Å². The van der Waals surface area contributed by atoms with Crippen molar-refractivity contribution in [1.82, 2.24) is 0 Å². The van der Waals surface area contributed by atoms with Gasteiger partial charge in [-0.2, -0.15) is 10.2 Å². The Morgan fingerprint density at radius 3 is 2.68 bits per heavy atom. The monoisotopic (exact) mass is 342 g/mol. The van der Waals surface area contributed by atoms with Crippen molar-refractivity contribution in [2.75, 3.05) is 0 Å². The molecule has 5 aliphatic rings. The van der Waals surface area contributed by atoms with Crippen LogP contribution in [-0.2, 0) is 4.79 Å². The third-order valence-electron chi connectivity index (χ3n) is 8.91. The van der Waals surface area contributed by atoms with Crippen molar-refractivity contribution < 1.29 is 9.90 Å². The first-order chi connectivity index (χ1) is 11.9. The second kappa shape index (κ2) is 5.25. The Hall–Kier alpha value is -1.03. The second-order valence-electron chi connectivity index (χ2n) is 9.84. The molecule has 1 aliphatic heterocycles. The molecular weight excluding hydrogens is 312 g/mol. The number of nitrogens with zero attached hydrogens (tertiary/aromatic N) is 2. The molecule has 4 nitrogen and oxygen atoms in total. The summed E-state index contributed by atoms with van der Waals surface area (Å²) in [5.74, 6) is 2.59. The summed E-state index contributed by atoms with van der Waals surface area (Å²) in [4.78, 5) is 12.7. The summed E-state index contributed by atoms with van der Waals surface area (Å²) in [6.45, 7) is 4.85. The zero-order valence-corrected chi connectivity index (χ0v) is 15.4. The van der Waals surface area contributed by atoms with Crippen molar-refractivity contribution in [3.63, 3.8) is 0 Å².